The molecule has 2 aliphatic rings. The zero-order chi connectivity index (χ0) is 12.2. The van der Waals surface area contributed by atoms with Crippen LogP contribution >= 0.6 is 0 Å². The van der Waals surface area contributed by atoms with Crippen molar-refractivity contribution in [3.05, 3.63) is 12.4 Å². The van der Waals surface area contributed by atoms with Gasteiger partial charge in [-0.1, -0.05) is 12.8 Å². The number of ether oxygens (including phenoxy) is 1. The van der Waals surface area contributed by atoms with E-state index in [4.69, 9.17) is 4.74 Å². The molecule has 0 bridgehead atoms. The Morgan fingerprint density at radius 3 is 2.72 bits per heavy atom. The maximum absolute atomic E-state index is 5.36. The lowest BCUT2D eigenvalue weighted by molar-refractivity contribution is 0.122. The summed E-state index contributed by atoms with van der Waals surface area (Å²) in [6.07, 6.45) is 6.84. The Kier molecular flexibility index (Phi) is 3.59. The summed E-state index contributed by atoms with van der Waals surface area (Å²) in [7, 11) is 0. The van der Waals surface area contributed by atoms with Crippen molar-refractivity contribution in [3.63, 3.8) is 0 Å². The molecule has 0 unspecified atom stereocenters. The zero-order valence-corrected chi connectivity index (χ0v) is 10.6. The van der Waals surface area contributed by atoms with Gasteiger partial charge in [-0.2, -0.15) is 0 Å². The molecule has 1 saturated carbocycles. The van der Waals surface area contributed by atoms with Gasteiger partial charge >= 0.3 is 0 Å². The van der Waals surface area contributed by atoms with E-state index < -0.39 is 0 Å². The van der Waals surface area contributed by atoms with E-state index >= 15 is 0 Å². The van der Waals surface area contributed by atoms with Gasteiger partial charge in [0.05, 0.1) is 13.2 Å². The van der Waals surface area contributed by atoms with Crippen LogP contribution in [-0.4, -0.2) is 42.3 Å². The van der Waals surface area contributed by atoms with Gasteiger partial charge in [-0.3, -0.25) is 0 Å². The van der Waals surface area contributed by atoms with Crippen LogP contribution in [0.1, 0.15) is 25.7 Å². The Morgan fingerprint density at radius 2 is 1.94 bits per heavy atom. The van der Waals surface area contributed by atoms with Crippen molar-refractivity contribution in [2.75, 3.05) is 36.5 Å². The van der Waals surface area contributed by atoms with E-state index in [9.17, 15) is 0 Å². The molecular weight excluding hydrogens is 228 g/mol. The second-order valence-electron chi connectivity index (χ2n) is 4.99. The van der Waals surface area contributed by atoms with E-state index in [1.54, 1.807) is 6.33 Å². The van der Waals surface area contributed by atoms with Crippen molar-refractivity contribution in [3.8, 4) is 0 Å². The van der Waals surface area contributed by atoms with Crippen LogP contribution in [-0.2, 0) is 4.74 Å². The highest BCUT2D eigenvalue weighted by molar-refractivity contribution is 5.49. The topological polar surface area (TPSA) is 50.3 Å². The first-order chi connectivity index (χ1) is 8.92. The van der Waals surface area contributed by atoms with E-state index in [1.807, 2.05) is 0 Å². The molecule has 1 saturated heterocycles. The highest BCUT2D eigenvalue weighted by atomic mass is 16.5. The number of morpholine rings is 1. The van der Waals surface area contributed by atoms with Crippen molar-refractivity contribution < 1.29 is 4.74 Å². The smallest absolute Gasteiger partial charge is 0.134 e. The molecule has 98 valence electrons. The number of nitrogens with zero attached hydrogens (tertiary/aromatic N) is 3. The predicted octanol–water partition coefficient (Wildman–Crippen LogP) is 1.67. The normalized spacial score (nSPS) is 21.2. The lowest BCUT2D eigenvalue weighted by atomic mass is 10.2. The molecule has 5 heteroatoms. The molecule has 1 aromatic heterocycles. The molecule has 0 radical (unpaired) electrons. The summed E-state index contributed by atoms with van der Waals surface area (Å²) in [6, 6.07) is 2.65. The van der Waals surface area contributed by atoms with Crippen molar-refractivity contribution in [2.45, 2.75) is 31.7 Å². The molecule has 1 aliphatic carbocycles. The van der Waals surface area contributed by atoms with Gasteiger partial charge in [-0.15, -0.1) is 0 Å². The first-order valence-electron chi connectivity index (χ1n) is 6.83. The van der Waals surface area contributed by atoms with Crippen LogP contribution in [0.4, 0.5) is 11.6 Å². The van der Waals surface area contributed by atoms with E-state index in [2.05, 4.69) is 26.3 Å². The van der Waals surface area contributed by atoms with Crippen molar-refractivity contribution >= 4 is 11.6 Å². The van der Waals surface area contributed by atoms with Gasteiger partial charge in [0, 0.05) is 25.2 Å². The van der Waals surface area contributed by atoms with E-state index in [-0.39, 0.29) is 0 Å². The second-order valence-corrected chi connectivity index (χ2v) is 4.99. The fourth-order valence-corrected chi connectivity index (χ4v) is 2.67. The predicted molar refractivity (Wildman–Crippen MR) is 70.9 cm³/mol. The summed E-state index contributed by atoms with van der Waals surface area (Å²) in [5.74, 6) is 1.96. The number of hydrogen-bond acceptors (Lipinski definition) is 5. The molecule has 1 N–H and O–H groups in total. The van der Waals surface area contributed by atoms with Crippen LogP contribution in [0.5, 0.6) is 0 Å². The maximum atomic E-state index is 5.36. The molecule has 0 spiro atoms. The third-order valence-electron chi connectivity index (χ3n) is 3.69. The molecule has 5 nitrogen and oxygen atoms in total. The van der Waals surface area contributed by atoms with Gasteiger partial charge in [0.15, 0.2) is 0 Å². The minimum atomic E-state index is 0.595. The Morgan fingerprint density at radius 1 is 1.17 bits per heavy atom. The number of rotatable bonds is 3. The molecule has 2 fully saturated rings. The summed E-state index contributed by atoms with van der Waals surface area (Å²) in [6.45, 7) is 3.41. The maximum Gasteiger partial charge on any atom is 0.134 e. The van der Waals surface area contributed by atoms with E-state index in [1.165, 1.54) is 25.7 Å². The monoisotopic (exact) mass is 248 g/mol. The van der Waals surface area contributed by atoms with Gasteiger partial charge in [0.1, 0.15) is 18.0 Å². The van der Waals surface area contributed by atoms with Crippen LogP contribution in [0.3, 0.4) is 0 Å². The average molecular weight is 248 g/mol. The first kappa shape index (κ1) is 11.7. The van der Waals surface area contributed by atoms with Crippen LogP contribution in [0, 0.1) is 0 Å². The highest BCUT2D eigenvalue weighted by Crippen LogP contribution is 2.22. The minimum Gasteiger partial charge on any atom is -0.378 e. The minimum absolute atomic E-state index is 0.595. The Hall–Kier alpha value is -1.36. The number of aromatic nitrogens is 2. The molecule has 1 aromatic rings. The summed E-state index contributed by atoms with van der Waals surface area (Å²) in [5, 5.41) is 3.51. The van der Waals surface area contributed by atoms with E-state index in [0.717, 1.165) is 37.9 Å². The average Bonchev–Trinajstić information content (AvgIpc) is 2.93. The molecule has 1 aliphatic heterocycles. The van der Waals surface area contributed by atoms with Crippen LogP contribution in [0.2, 0.25) is 0 Å². The van der Waals surface area contributed by atoms with Crippen molar-refractivity contribution in [1.29, 1.82) is 0 Å². The largest absolute Gasteiger partial charge is 0.378 e. The van der Waals surface area contributed by atoms with Crippen LogP contribution < -0.4 is 10.2 Å². The molecular formula is C13H20N4O. The van der Waals surface area contributed by atoms with Gasteiger partial charge in [-0.05, 0) is 12.8 Å². The molecule has 3 rings (SSSR count). The quantitative estimate of drug-likeness (QED) is 0.881. The Bertz CT molecular complexity index is 386. The lowest BCUT2D eigenvalue weighted by Gasteiger charge is -2.28. The van der Waals surface area contributed by atoms with Gasteiger partial charge < -0.3 is 15.0 Å². The molecule has 2 heterocycles. The zero-order valence-electron chi connectivity index (χ0n) is 10.6. The lowest BCUT2D eigenvalue weighted by Crippen LogP contribution is -2.36. The fourth-order valence-electron chi connectivity index (χ4n) is 2.67. The third kappa shape index (κ3) is 2.72. The van der Waals surface area contributed by atoms with Crippen molar-refractivity contribution in [1.82, 2.24) is 9.97 Å². The molecule has 0 amide bonds. The van der Waals surface area contributed by atoms with Crippen LogP contribution in [0.15, 0.2) is 12.4 Å². The standard InChI is InChI=1S/C13H20N4O/c1-2-4-11(3-1)16-12-9-13(15-10-14-12)17-5-7-18-8-6-17/h9-11H,1-8H2,(H,14,15,16). The van der Waals surface area contributed by atoms with Crippen molar-refractivity contribution in [2.24, 2.45) is 0 Å². The fraction of sp³-hybridized carbons (Fsp3) is 0.692. The molecule has 0 atom stereocenters. The third-order valence-corrected chi connectivity index (χ3v) is 3.69. The number of nitrogens with one attached hydrogen (secondary N) is 1. The summed E-state index contributed by atoms with van der Waals surface area (Å²) in [4.78, 5) is 10.9. The number of anilines is 2. The van der Waals surface area contributed by atoms with Gasteiger partial charge in [0.25, 0.3) is 0 Å². The second kappa shape index (κ2) is 5.52. The SMILES string of the molecule is c1nc(NC2CCCC2)cc(N2CCOCC2)n1. The molecule has 18 heavy (non-hydrogen) atoms. The number of hydrogen-bond donors (Lipinski definition) is 1. The first-order valence-corrected chi connectivity index (χ1v) is 6.83. The molecule has 0 aromatic carbocycles. The summed E-state index contributed by atoms with van der Waals surface area (Å²) >= 11 is 0. The summed E-state index contributed by atoms with van der Waals surface area (Å²) in [5.41, 5.74) is 0. The highest BCUT2D eigenvalue weighted by Gasteiger charge is 2.17. The van der Waals surface area contributed by atoms with Crippen LogP contribution in [0.25, 0.3) is 0 Å². The summed E-state index contributed by atoms with van der Waals surface area (Å²) < 4.78 is 5.36. The van der Waals surface area contributed by atoms with E-state index in [0.29, 0.717) is 6.04 Å². The Labute approximate surface area is 108 Å². The Balaban J connectivity index is 1.67. The van der Waals surface area contributed by atoms with Gasteiger partial charge in [0.2, 0.25) is 0 Å². The van der Waals surface area contributed by atoms with Gasteiger partial charge in [-0.25, -0.2) is 9.97 Å².